The Bertz CT molecular complexity index is 665. The minimum Gasteiger partial charge on any atom is -0.493 e. The molecule has 0 unspecified atom stereocenters. The lowest BCUT2D eigenvalue weighted by molar-refractivity contribution is 0.311. The van der Waals surface area contributed by atoms with Crippen molar-refractivity contribution in [2.45, 2.75) is 6.92 Å². The molecule has 0 fully saturated rings. The van der Waals surface area contributed by atoms with Crippen molar-refractivity contribution in [3.05, 3.63) is 30.0 Å². The van der Waals surface area contributed by atoms with E-state index in [1.54, 1.807) is 19.2 Å². The van der Waals surface area contributed by atoms with Crippen molar-refractivity contribution in [2.75, 3.05) is 19.5 Å². The molecule has 0 aliphatic carbocycles. The summed E-state index contributed by atoms with van der Waals surface area (Å²) >= 11 is 0. The zero-order valence-corrected chi connectivity index (χ0v) is 11.3. The number of nitrogen functional groups attached to an aromatic ring is 1. The quantitative estimate of drug-likeness (QED) is 0.913. The van der Waals surface area contributed by atoms with Crippen molar-refractivity contribution in [3.63, 3.8) is 0 Å². The van der Waals surface area contributed by atoms with Crippen LogP contribution in [0.5, 0.6) is 11.5 Å². The third-order valence-electron chi connectivity index (χ3n) is 2.66. The molecule has 0 aliphatic heterocycles. The van der Waals surface area contributed by atoms with E-state index in [1.165, 1.54) is 6.20 Å². The Morgan fingerprint density at radius 3 is 2.75 bits per heavy atom. The zero-order valence-electron chi connectivity index (χ0n) is 11.3. The van der Waals surface area contributed by atoms with Gasteiger partial charge in [0.1, 0.15) is 17.5 Å². The van der Waals surface area contributed by atoms with E-state index in [0.29, 0.717) is 23.9 Å². The minimum atomic E-state index is 0.158. The van der Waals surface area contributed by atoms with Gasteiger partial charge in [-0.1, -0.05) is 0 Å². The molecule has 0 atom stereocenters. The predicted octanol–water partition coefficient (Wildman–Crippen LogP) is 2.00. The topological polar surface area (TPSA) is 94.0 Å². The third kappa shape index (κ3) is 2.62. The summed E-state index contributed by atoms with van der Waals surface area (Å²) in [5.41, 5.74) is 6.68. The molecule has 6 nitrogen and oxygen atoms in total. The van der Waals surface area contributed by atoms with E-state index in [9.17, 15) is 0 Å². The highest BCUT2D eigenvalue weighted by Gasteiger charge is 2.10. The van der Waals surface area contributed by atoms with Gasteiger partial charge in [-0.15, -0.1) is 0 Å². The molecular formula is C14H14N4O2. The Morgan fingerprint density at radius 1 is 1.35 bits per heavy atom. The van der Waals surface area contributed by atoms with Gasteiger partial charge < -0.3 is 15.2 Å². The smallest absolute Gasteiger partial charge is 0.161 e. The lowest BCUT2D eigenvalue weighted by Crippen LogP contribution is -2.00. The van der Waals surface area contributed by atoms with Crippen molar-refractivity contribution in [1.82, 2.24) is 9.97 Å². The number of aromatic nitrogens is 2. The standard InChI is InChI=1S/C14H14N4O2/c1-3-20-11-5-4-9(6-12(11)19-2)14-17-8-10(7-15)13(16)18-14/h4-6,8H,3H2,1-2H3,(H2,16,17,18). The molecule has 1 aromatic heterocycles. The summed E-state index contributed by atoms with van der Waals surface area (Å²) in [7, 11) is 1.57. The highest BCUT2D eigenvalue weighted by Crippen LogP contribution is 2.31. The van der Waals surface area contributed by atoms with Gasteiger partial charge in [0.25, 0.3) is 0 Å². The molecule has 0 aliphatic rings. The normalized spacial score (nSPS) is 9.85. The molecule has 6 heteroatoms. The maximum atomic E-state index is 8.81. The zero-order chi connectivity index (χ0) is 14.5. The van der Waals surface area contributed by atoms with Crippen LogP contribution in [0.3, 0.4) is 0 Å². The predicted molar refractivity (Wildman–Crippen MR) is 74.3 cm³/mol. The molecule has 0 radical (unpaired) electrons. The fourth-order valence-corrected chi connectivity index (χ4v) is 1.70. The largest absolute Gasteiger partial charge is 0.493 e. The van der Waals surface area contributed by atoms with Crippen molar-refractivity contribution >= 4 is 5.82 Å². The van der Waals surface area contributed by atoms with Crippen LogP contribution >= 0.6 is 0 Å². The Balaban J connectivity index is 2.43. The Hall–Kier alpha value is -2.81. The molecule has 2 aromatic rings. The first-order valence-electron chi connectivity index (χ1n) is 6.03. The van der Waals surface area contributed by atoms with Gasteiger partial charge in [-0.25, -0.2) is 9.97 Å². The highest BCUT2D eigenvalue weighted by molar-refractivity contribution is 5.63. The molecule has 20 heavy (non-hydrogen) atoms. The second-order valence-electron chi connectivity index (χ2n) is 3.90. The molecule has 2 N–H and O–H groups in total. The summed E-state index contributed by atoms with van der Waals surface area (Å²) in [6.07, 6.45) is 1.40. The lowest BCUT2D eigenvalue weighted by atomic mass is 10.2. The van der Waals surface area contributed by atoms with Gasteiger partial charge in [0.15, 0.2) is 17.3 Å². The Kier molecular flexibility index (Phi) is 4.01. The average Bonchev–Trinajstić information content (AvgIpc) is 2.48. The van der Waals surface area contributed by atoms with Gasteiger partial charge in [-0.05, 0) is 25.1 Å². The van der Waals surface area contributed by atoms with Gasteiger partial charge in [0, 0.05) is 5.56 Å². The van der Waals surface area contributed by atoms with Crippen molar-refractivity contribution in [3.8, 4) is 29.0 Å². The van der Waals surface area contributed by atoms with Crippen LogP contribution in [0.2, 0.25) is 0 Å². The van der Waals surface area contributed by atoms with Crippen LogP contribution in [-0.4, -0.2) is 23.7 Å². The number of benzene rings is 1. The second-order valence-corrected chi connectivity index (χ2v) is 3.90. The molecule has 102 valence electrons. The Morgan fingerprint density at radius 2 is 2.15 bits per heavy atom. The number of nitrogens with two attached hydrogens (primary N) is 1. The summed E-state index contributed by atoms with van der Waals surface area (Å²) in [6, 6.07) is 7.30. The van der Waals surface area contributed by atoms with Crippen molar-refractivity contribution in [1.29, 1.82) is 5.26 Å². The van der Waals surface area contributed by atoms with E-state index < -0.39 is 0 Å². The van der Waals surface area contributed by atoms with Crippen LogP contribution < -0.4 is 15.2 Å². The van der Waals surface area contributed by atoms with Gasteiger partial charge in [-0.2, -0.15) is 5.26 Å². The van der Waals surface area contributed by atoms with Crippen molar-refractivity contribution < 1.29 is 9.47 Å². The SMILES string of the molecule is CCOc1ccc(-c2ncc(C#N)c(N)n2)cc1OC. The molecule has 0 saturated heterocycles. The number of ether oxygens (including phenoxy) is 2. The second kappa shape index (κ2) is 5.89. The molecule has 2 rings (SSSR count). The summed E-state index contributed by atoms with van der Waals surface area (Å²) in [6.45, 7) is 2.45. The number of methoxy groups -OCH3 is 1. The third-order valence-corrected chi connectivity index (χ3v) is 2.66. The van der Waals surface area contributed by atoms with Crippen LogP contribution in [0.15, 0.2) is 24.4 Å². The van der Waals surface area contributed by atoms with E-state index in [4.69, 9.17) is 20.5 Å². The number of nitrogens with zero attached hydrogens (tertiary/aromatic N) is 3. The number of hydrogen-bond donors (Lipinski definition) is 1. The molecular weight excluding hydrogens is 256 g/mol. The molecule has 0 spiro atoms. The number of nitriles is 1. The summed E-state index contributed by atoms with van der Waals surface area (Å²) in [4.78, 5) is 8.23. The van der Waals surface area contributed by atoms with Crippen LogP contribution in [0, 0.1) is 11.3 Å². The van der Waals surface area contributed by atoms with E-state index >= 15 is 0 Å². The molecule has 1 heterocycles. The van der Waals surface area contributed by atoms with Gasteiger partial charge in [-0.3, -0.25) is 0 Å². The van der Waals surface area contributed by atoms with Crippen molar-refractivity contribution in [2.24, 2.45) is 0 Å². The fourth-order valence-electron chi connectivity index (χ4n) is 1.70. The maximum absolute atomic E-state index is 8.81. The first-order valence-corrected chi connectivity index (χ1v) is 6.03. The monoisotopic (exact) mass is 270 g/mol. The summed E-state index contributed by atoms with van der Waals surface area (Å²) < 4.78 is 10.7. The first-order chi connectivity index (χ1) is 9.69. The van der Waals surface area contributed by atoms with Crippen LogP contribution in [0.1, 0.15) is 12.5 Å². The van der Waals surface area contributed by atoms with E-state index in [0.717, 1.165) is 5.56 Å². The van der Waals surface area contributed by atoms with E-state index in [1.807, 2.05) is 19.1 Å². The molecule has 0 bridgehead atoms. The van der Waals surface area contributed by atoms with E-state index in [-0.39, 0.29) is 11.4 Å². The average molecular weight is 270 g/mol. The number of anilines is 1. The number of hydrogen-bond acceptors (Lipinski definition) is 6. The van der Waals surface area contributed by atoms with Gasteiger partial charge in [0.05, 0.1) is 19.9 Å². The lowest BCUT2D eigenvalue weighted by Gasteiger charge is -2.10. The van der Waals surface area contributed by atoms with Crippen LogP contribution in [-0.2, 0) is 0 Å². The maximum Gasteiger partial charge on any atom is 0.161 e. The Labute approximate surface area is 116 Å². The van der Waals surface area contributed by atoms with Gasteiger partial charge >= 0.3 is 0 Å². The minimum absolute atomic E-state index is 0.158. The fraction of sp³-hybridized carbons (Fsp3) is 0.214. The number of rotatable bonds is 4. The summed E-state index contributed by atoms with van der Waals surface area (Å²) in [5.74, 6) is 1.84. The molecule has 1 aromatic carbocycles. The molecule has 0 saturated carbocycles. The van der Waals surface area contributed by atoms with Crippen LogP contribution in [0.4, 0.5) is 5.82 Å². The van der Waals surface area contributed by atoms with Gasteiger partial charge in [0.2, 0.25) is 0 Å². The van der Waals surface area contributed by atoms with E-state index in [2.05, 4.69) is 9.97 Å². The highest BCUT2D eigenvalue weighted by atomic mass is 16.5. The summed E-state index contributed by atoms with van der Waals surface area (Å²) in [5, 5.41) is 8.81. The first kappa shape index (κ1) is 13.6. The van der Waals surface area contributed by atoms with Crippen LogP contribution in [0.25, 0.3) is 11.4 Å². The molecule has 0 amide bonds.